The number of hydrogen-bond acceptors (Lipinski definition) is 9. The number of allylic oxidation sites excluding steroid dienone is 1. The molecule has 10 heteroatoms. The molecular formula is C47H50N2O8. The Kier molecular flexibility index (Phi) is 11.2. The standard InChI is InChI=1S/C47H50N2O8/c1-47(2,3)32-23-31(20-28-21-39(54-6)45(56-8)40(22-28)55-7)43-35(25-32)42(33-16-12-13-17-36(33)48-43)46(51)57-27-41(50)49-19-18-30-24-37(52-4)38(53-5)26-34(30)44(49)29-14-10-9-11-15-29/h9-17,20-22,24,26,32,44H,18-19,23,25,27H2,1-8H3/b31-20-. The second-order valence-electron chi connectivity index (χ2n) is 15.6. The van der Waals surface area contributed by atoms with Crippen molar-refractivity contribution in [2.24, 2.45) is 11.3 Å². The van der Waals surface area contributed by atoms with Crippen LogP contribution >= 0.6 is 0 Å². The highest BCUT2D eigenvalue weighted by Gasteiger charge is 2.37. The molecule has 1 aromatic heterocycles. The minimum Gasteiger partial charge on any atom is -0.493 e. The predicted octanol–water partition coefficient (Wildman–Crippen LogP) is 8.76. The van der Waals surface area contributed by atoms with Gasteiger partial charge in [-0.1, -0.05) is 69.3 Å². The van der Waals surface area contributed by atoms with Gasteiger partial charge in [0.15, 0.2) is 29.6 Å². The van der Waals surface area contributed by atoms with E-state index in [1.54, 1.807) is 40.4 Å². The number of pyridine rings is 1. The lowest BCUT2D eigenvalue weighted by Gasteiger charge is -2.38. The molecule has 2 aliphatic rings. The maximum atomic E-state index is 14.6. The fourth-order valence-electron chi connectivity index (χ4n) is 8.25. The summed E-state index contributed by atoms with van der Waals surface area (Å²) in [5.74, 6) is 2.13. The van der Waals surface area contributed by atoms with E-state index in [-0.39, 0.29) is 17.2 Å². The van der Waals surface area contributed by atoms with E-state index in [4.69, 9.17) is 33.4 Å². The summed E-state index contributed by atoms with van der Waals surface area (Å²) in [6, 6.07) is 24.8. The minimum atomic E-state index is -0.556. The molecule has 296 valence electrons. The van der Waals surface area contributed by atoms with Gasteiger partial charge in [-0.2, -0.15) is 0 Å². The van der Waals surface area contributed by atoms with E-state index in [1.165, 1.54) is 0 Å². The van der Waals surface area contributed by atoms with Crippen molar-refractivity contribution in [3.05, 3.63) is 118 Å². The Morgan fingerprint density at radius 3 is 2.09 bits per heavy atom. The molecule has 2 heterocycles. The van der Waals surface area contributed by atoms with Crippen molar-refractivity contribution in [2.45, 2.75) is 46.1 Å². The van der Waals surface area contributed by atoms with E-state index in [0.29, 0.717) is 64.6 Å². The summed E-state index contributed by atoms with van der Waals surface area (Å²) < 4.78 is 34.2. The number of carbonyl (C=O) groups excluding carboxylic acids is 2. The molecule has 1 aliphatic heterocycles. The molecule has 10 nitrogen and oxygen atoms in total. The molecule has 4 aromatic carbocycles. The van der Waals surface area contributed by atoms with Crippen LogP contribution in [0.4, 0.5) is 0 Å². The first kappa shape index (κ1) is 39.2. The molecule has 1 amide bonds. The van der Waals surface area contributed by atoms with Crippen molar-refractivity contribution in [2.75, 3.05) is 48.7 Å². The lowest BCUT2D eigenvalue weighted by molar-refractivity contribution is -0.136. The van der Waals surface area contributed by atoms with Gasteiger partial charge in [0, 0.05) is 11.9 Å². The summed E-state index contributed by atoms with van der Waals surface area (Å²) in [5.41, 5.74) is 7.34. The molecule has 0 saturated heterocycles. The number of amides is 1. The van der Waals surface area contributed by atoms with Crippen LogP contribution in [-0.4, -0.2) is 70.5 Å². The third-order valence-corrected chi connectivity index (χ3v) is 11.3. The van der Waals surface area contributed by atoms with Crippen LogP contribution in [0.2, 0.25) is 0 Å². The van der Waals surface area contributed by atoms with Crippen LogP contribution in [0.3, 0.4) is 0 Å². The summed E-state index contributed by atoms with van der Waals surface area (Å²) >= 11 is 0. The van der Waals surface area contributed by atoms with Crippen LogP contribution in [-0.2, 0) is 22.4 Å². The van der Waals surface area contributed by atoms with Crippen molar-refractivity contribution >= 4 is 34.4 Å². The van der Waals surface area contributed by atoms with Gasteiger partial charge in [0.1, 0.15) is 0 Å². The van der Waals surface area contributed by atoms with E-state index in [1.807, 2.05) is 78.9 Å². The second-order valence-corrected chi connectivity index (χ2v) is 15.6. The monoisotopic (exact) mass is 770 g/mol. The van der Waals surface area contributed by atoms with Gasteiger partial charge in [-0.05, 0) is 100 Å². The Hall–Kier alpha value is -6.03. The van der Waals surface area contributed by atoms with Gasteiger partial charge in [-0.15, -0.1) is 0 Å². The van der Waals surface area contributed by atoms with Crippen LogP contribution in [0.1, 0.15) is 77.1 Å². The first-order valence-electron chi connectivity index (χ1n) is 19.2. The molecule has 0 N–H and O–H groups in total. The zero-order valence-electron chi connectivity index (χ0n) is 33.9. The van der Waals surface area contributed by atoms with E-state index < -0.39 is 18.6 Å². The largest absolute Gasteiger partial charge is 0.493 e. The fraction of sp³-hybridized carbons (Fsp3) is 0.340. The minimum absolute atomic E-state index is 0.0987. The number of hydrogen-bond donors (Lipinski definition) is 0. The van der Waals surface area contributed by atoms with Crippen molar-refractivity contribution in [3.8, 4) is 28.7 Å². The number of aromatic nitrogens is 1. The lowest BCUT2D eigenvalue weighted by Crippen LogP contribution is -2.42. The van der Waals surface area contributed by atoms with Gasteiger partial charge in [0.25, 0.3) is 5.91 Å². The number of methoxy groups -OCH3 is 5. The number of carbonyl (C=O) groups is 2. The highest BCUT2D eigenvalue weighted by atomic mass is 16.5. The maximum Gasteiger partial charge on any atom is 0.339 e. The second kappa shape index (κ2) is 16.2. The van der Waals surface area contributed by atoms with Gasteiger partial charge in [0.05, 0.1) is 58.4 Å². The Morgan fingerprint density at radius 1 is 0.789 bits per heavy atom. The van der Waals surface area contributed by atoms with Crippen LogP contribution in [0.5, 0.6) is 28.7 Å². The molecule has 57 heavy (non-hydrogen) atoms. The van der Waals surface area contributed by atoms with Crippen molar-refractivity contribution < 1.29 is 38.0 Å². The van der Waals surface area contributed by atoms with Gasteiger partial charge in [-0.25, -0.2) is 9.78 Å². The summed E-state index contributed by atoms with van der Waals surface area (Å²) in [6.07, 6.45) is 4.05. The lowest BCUT2D eigenvalue weighted by atomic mass is 9.69. The molecule has 0 bridgehead atoms. The average molecular weight is 771 g/mol. The van der Waals surface area contributed by atoms with E-state index in [9.17, 15) is 9.59 Å². The molecule has 5 aromatic rings. The maximum absolute atomic E-state index is 14.6. The van der Waals surface area contributed by atoms with Crippen LogP contribution in [0.25, 0.3) is 22.6 Å². The SMILES string of the molecule is COc1cc2c(cc1OC)C(c1ccccc1)N(C(=O)COC(=O)c1c3c(nc4ccccc14)/C(=C\c1cc(OC)c(OC)c(OC)c1)CC(C(C)(C)C)C3)CC2. The molecule has 0 spiro atoms. The first-order chi connectivity index (χ1) is 27.5. The van der Waals surface area contributed by atoms with Gasteiger partial charge >= 0.3 is 5.97 Å². The summed E-state index contributed by atoms with van der Waals surface area (Å²) in [5, 5.41) is 0.686. The summed E-state index contributed by atoms with van der Waals surface area (Å²) in [6.45, 7) is 6.67. The quantitative estimate of drug-likeness (QED) is 0.129. The van der Waals surface area contributed by atoms with E-state index in [2.05, 4.69) is 26.8 Å². The normalized spacial score (nSPS) is 17.1. The van der Waals surface area contributed by atoms with E-state index in [0.717, 1.165) is 45.5 Å². The highest BCUT2D eigenvalue weighted by Crippen LogP contribution is 2.47. The number of fused-ring (bicyclic) bond motifs is 3. The molecule has 2 unspecified atom stereocenters. The van der Waals surface area contributed by atoms with Gasteiger partial charge < -0.3 is 33.3 Å². The van der Waals surface area contributed by atoms with Crippen LogP contribution in [0, 0.1) is 11.3 Å². The average Bonchev–Trinajstić information content (AvgIpc) is 3.23. The number of esters is 1. The number of nitrogens with zero attached hydrogens (tertiary/aromatic N) is 2. The first-order valence-corrected chi connectivity index (χ1v) is 19.2. The third kappa shape index (κ3) is 7.60. The Morgan fingerprint density at radius 2 is 1.44 bits per heavy atom. The summed E-state index contributed by atoms with van der Waals surface area (Å²) in [4.78, 5) is 35.8. The number of rotatable bonds is 10. The molecule has 2 atom stereocenters. The zero-order chi connectivity index (χ0) is 40.4. The van der Waals surface area contributed by atoms with Crippen molar-refractivity contribution in [1.29, 1.82) is 0 Å². The topological polar surface area (TPSA) is 106 Å². The third-order valence-electron chi connectivity index (χ3n) is 11.3. The van der Waals surface area contributed by atoms with Crippen molar-refractivity contribution in [1.82, 2.24) is 9.88 Å². The molecule has 0 saturated carbocycles. The fourth-order valence-corrected chi connectivity index (χ4v) is 8.25. The Bertz CT molecular complexity index is 2320. The molecule has 0 radical (unpaired) electrons. The Balaban J connectivity index is 1.27. The Labute approximate surface area is 334 Å². The van der Waals surface area contributed by atoms with E-state index >= 15 is 0 Å². The number of ether oxygens (including phenoxy) is 6. The van der Waals surface area contributed by atoms with Gasteiger partial charge in [0.2, 0.25) is 5.75 Å². The molecular weight excluding hydrogens is 721 g/mol. The molecule has 0 fully saturated rings. The highest BCUT2D eigenvalue weighted by molar-refractivity contribution is 6.07. The van der Waals surface area contributed by atoms with Crippen molar-refractivity contribution in [3.63, 3.8) is 0 Å². The smallest absolute Gasteiger partial charge is 0.339 e. The molecule has 7 rings (SSSR count). The van der Waals surface area contributed by atoms with Crippen LogP contribution < -0.4 is 23.7 Å². The number of para-hydroxylation sites is 1. The van der Waals surface area contributed by atoms with Crippen LogP contribution in [0.15, 0.2) is 78.9 Å². The number of benzene rings is 4. The zero-order valence-corrected chi connectivity index (χ0v) is 33.9. The summed E-state index contributed by atoms with van der Waals surface area (Å²) in [7, 11) is 7.98. The van der Waals surface area contributed by atoms with Gasteiger partial charge in [-0.3, -0.25) is 4.79 Å². The predicted molar refractivity (Wildman–Crippen MR) is 221 cm³/mol. The molecule has 1 aliphatic carbocycles.